The summed E-state index contributed by atoms with van der Waals surface area (Å²) < 4.78 is 39.7. The maximum Gasteiger partial charge on any atom is 0.416 e. The molecule has 1 amide bonds. The number of nitrogens with one attached hydrogen (secondary N) is 1. The van der Waals surface area contributed by atoms with E-state index in [1.54, 1.807) is 0 Å². The Morgan fingerprint density at radius 1 is 1.32 bits per heavy atom. The Labute approximate surface area is 125 Å². The van der Waals surface area contributed by atoms with Crippen molar-refractivity contribution in [3.63, 3.8) is 0 Å². The van der Waals surface area contributed by atoms with Gasteiger partial charge in [0.05, 0.1) is 17.5 Å². The molecule has 1 aromatic carbocycles. The number of alkyl halides is 3. The molecule has 0 saturated carbocycles. The van der Waals surface area contributed by atoms with E-state index in [0.29, 0.717) is 0 Å². The van der Waals surface area contributed by atoms with E-state index in [-0.39, 0.29) is 5.56 Å². The summed E-state index contributed by atoms with van der Waals surface area (Å²) in [6.45, 7) is 2.70. The van der Waals surface area contributed by atoms with Gasteiger partial charge in [0.1, 0.15) is 0 Å². The highest BCUT2D eigenvalue weighted by molar-refractivity contribution is 5.95. The first-order valence-corrected chi connectivity index (χ1v) is 6.57. The minimum absolute atomic E-state index is 0.0992. The number of aryl methyl sites for hydroxylation is 1. The Balaban J connectivity index is 2.07. The monoisotopic (exact) mass is 309 g/mol. The molecular weight excluding hydrogens is 295 g/mol. The normalized spacial score (nSPS) is 11.8. The van der Waals surface area contributed by atoms with Gasteiger partial charge in [0.25, 0.3) is 5.91 Å². The topological polar surface area (TPSA) is 46.4 Å². The summed E-state index contributed by atoms with van der Waals surface area (Å²) in [6.07, 6.45) is -1.19. The number of hydrogen-bond donors (Lipinski definition) is 1. The van der Waals surface area contributed by atoms with Crippen LogP contribution in [-0.4, -0.2) is 16.7 Å². The molecule has 0 unspecified atom stereocenters. The van der Waals surface area contributed by atoms with Crippen LogP contribution >= 0.6 is 0 Å². The van der Waals surface area contributed by atoms with Gasteiger partial charge in [-0.2, -0.15) is 18.3 Å². The van der Waals surface area contributed by atoms with Crippen molar-refractivity contribution in [2.45, 2.75) is 19.6 Å². The molecule has 116 valence electrons. The molecule has 0 bridgehead atoms. The molecule has 2 rings (SSSR count). The van der Waals surface area contributed by atoms with E-state index >= 15 is 0 Å². The van der Waals surface area contributed by atoms with Gasteiger partial charge in [-0.25, -0.2) is 5.43 Å². The number of aromatic nitrogens is 1. The molecular formula is C15H14F3N3O. The van der Waals surface area contributed by atoms with Crippen molar-refractivity contribution in [1.82, 2.24) is 9.99 Å². The van der Waals surface area contributed by atoms with E-state index in [1.165, 1.54) is 18.3 Å². The number of carbonyl (C=O) groups is 1. The predicted octanol–water partition coefficient (Wildman–Crippen LogP) is 3.29. The third-order valence-corrected chi connectivity index (χ3v) is 3.02. The van der Waals surface area contributed by atoms with E-state index in [4.69, 9.17) is 0 Å². The average Bonchev–Trinajstić information content (AvgIpc) is 2.94. The van der Waals surface area contributed by atoms with Gasteiger partial charge >= 0.3 is 6.18 Å². The molecule has 1 aromatic heterocycles. The molecule has 0 atom stereocenters. The Morgan fingerprint density at radius 2 is 2.09 bits per heavy atom. The predicted molar refractivity (Wildman–Crippen MR) is 76.6 cm³/mol. The highest BCUT2D eigenvalue weighted by Crippen LogP contribution is 2.29. The summed E-state index contributed by atoms with van der Waals surface area (Å²) in [5.41, 5.74) is 2.03. The number of amides is 1. The van der Waals surface area contributed by atoms with Crippen molar-refractivity contribution in [1.29, 1.82) is 0 Å². The van der Waals surface area contributed by atoms with E-state index < -0.39 is 17.6 Å². The maximum absolute atomic E-state index is 12.6. The second-order valence-corrected chi connectivity index (χ2v) is 4.50. The molecule has 2 aromatic rings. The fraction of sp³-hybridized carbons (Fsp3) is 0.200. The minimum atomic E-state index is -4.48. The molecule has 1 N–H and O–H groups in total. The quantitative estimate of drug-likeness (QED) is 0.683. The fourth-order valence-electron chi connectivity index (χ4n) is 1.89. The fourth-order valence-corrected chi connectivity index (χ4v) is 1.89. The van der Waals surface area contributed by atoms with E-state index in [9.17, 15) is 18.0 Å². The molecule has 0 aliphatic heterocycles. The van der Waals surface area contributed by atoms with E-state index in [2.05, 4.69) is 10.5 Å². The summed E-state index contributed by atoms with van der Waals surface area (Å²) >= 11 is 0. The van der Waals surface area contributed by atoms with Crippen molar-refractivity contribution in [3.8, 4) is 0 Å². The second kappa shape index (κ2) is 6.46. The molecule has 0 fully saturated rings. The Morgan fingerprint density at radius 3 is 2.77 bits per heavy atom. The van der Waals surface area contributed by atoms with Crippen LogP contribution in [0.4, 0.5) is 13.2 Å². The summed E-state index contributed by atoms with van der Waals surface area (Å²) in [7, 11) is 0. The van der Waals surface area contributed by atoms with Crippen molar-refractivity contribution in [2.75, 3.05) is 0 Å². The Kier molecular flexibility index (Phi) is 4.65. The van der Waals surface area contributed by atoms with Gasteiger partial charge in [0.2, 0.25) is 0 Å². The Hall–Kier alpha value is -2.57. The van der Waals surface area contributed by atoms with Crippen LogP contribution in [0.25, 0.3) is 0 Å². The zero-order valence-corrected chi connectivity index (χ0v) is 11.8. The van der Waals surface area contributed by atoms with Gasteiger partial charge in [-0.1, -0.05) is 6.07 Å². The van der Waals surface area contributed by atoms with Crippen LogP contribution in [0.15, 0.2) is 47.7 Å². The lowest BCUT2D eigenvalue weighted by Gasteiger charge is -2.07. The van der Waals surface area contributed by atoms with Crippen molar-refractivity contribution in [2.24, 2.45) is 5.10 Å². The third kappa shape index (κ3) is 3.75. The number of benzene rings is 1. The van der Waals surface area contributed by atoms with Crippen LogP contribution in [0.2, 0.25) is 0 Å². The standard InChI is InChI=1S/C15H14F3N3O/c1-2-21-8-4-7-13(21)10-19-20-14(22)11-5-3-6-12(9-11)15(16,17)18/h3-10H,2H2,1H3,(H,20,22)/b19-10-. The second-order valence-electron chi connectivity index (χ2n) is 4.50. The molecule has 0 aliphatic rings. The largest absolute Gasteiger partial charge is 0.416 e. The maximum atomic E-state index is 12.6. The minimum Gasteiger partial charge on any atom is -0.347 e. The van der Waals surface area contributed by atoms with Gasteiger partial charge in [-0.3, -0.25) is 4.79 Å². The summed E-state index contributed by atoms with van der Waals surface area (Å²) in [5.74, 6) is -0.697. The van der Waals surface area contributed by atoms with Gasteiger partial charge in [-0.05, 0) is 37.3 Å². The molecule has 22 heavy (non-hydrogen) atoms. The van der Waals surface area contributed by atoms with E-state index in [1.807, 2.05) is 29.8 Å². The van der Waals surface area contributed by atoms with Crippen LogP contribution in [0.5, 0.6) is 0 Å². The first kappa shape index (κ1) is 15.8. The van der Waals surface area contributed by atoms with Crippen LogP contribution in [0.3, 0.4) is 0 Å². The number of rotatable bonds is 4. The van der Waals surface area contributed by atoms with Gasteiger partial charge < -0.3 is 4.57 Å². The molecule has 0 radical (unpaired) electrons. The van der Waals surface area contributed by atoms with Crippen LogP contribution < -0.4 is 5.43 Å². The number of nitrogens with zero attached hydrogens (tertiary/aromatic N) is 2. The number of halogens is 3. The van der Waals surface area contributed by atoms with Crippen molar-refractivity contribution in [3.05, 3.63) is 59.4 Å². The summed E-state index contributed by atoms with van der Waals surface area (Å²) in [6, 6.07) is 7.83. The third-order valence-electron chi connectivity index (χ3n) is 3.02. The number of carbonyl (C=O) groups excluding carboxylic acids is 1. The summed E-state index contributed by atoms with van der Waals surface area (Å²) in [4.78, 5) is 11.8. The molecule has 0 aliphatic carbocycles. The summed E-state index contributed by atoms with van der Waals surface area (Å²) in [5, 5.41) is 3.76. The van der Waals surface area contributed by atoms with Crippen LogP contribution in [0.1, 0.15) is 28.5 Å². The average molecular weight is 309 g/mol. The van der Waals surface area contributed by atoms with Gasteiger partial charge in [0, 0.05) is 18.3 Å². The lowest BCUT2D eigenvalue weighted by Crippen LogP contribution is -2.18. The molecule has 0 saturated heterocycles. The van der Waals surface area contributed by atoms with Crippen molar-refractivity contribution < 1.29 is 18.0 Å². The molecule has 4 nitrogen and oxygen atoms in total. The first-order chi connectivity index (χ1) is 10.4. The van der Waals surface area contributed by atoms with Gasteiger partial charge in [0.15, 0.2) is 0 Å². The molecule has 7 heteroatoms. The van der Waals surface area contributed by atoms with Crippen LogP contribution in [-0.2, 0) is 12.7 Å². The number of hydrogen-bond acceptors (Lipinski definition) is 2. The lowest BCUT2D eigenvalue weighted by molar-refractivity contribution is -0.137. The van der Waals surface area contributed by atoms with Crippen molar-refractivity contribution >= 4 is 12.1 Å². The SMILES string of the molecule is CCn1cccc1/C=N\NC(=O)c1cccc(C(F)(F)F)c1. The highest BCUT2D eigenvalue weighted by Gasteiger charge is 2.30. The van der Waals surface area contributed by atoms with Gasteiger partial charge in [-0.15, -0.1) is 0 Å². The molecule has 1 heterocycles. The number of hydrazone groups is 1. The Bertz CT molecular complexity index is 689. The van der Waals surface area contributed by atoms with Crippen LogP contribution in [0, 0.1) is 0 Å². The first-order valence-electron chi connectivity index (χ1n) is 6.57. The smallest absolute Gasteiger partial charge is 0.347 e. The molecule has 0 spiro atoms. The highest BCUT2D eigenvalue weighted by atomic mass is 19.4. The zero-order chi connectivity index (χ0) is 16.2. The van der Waals surface area contributed by atoms with E-state index in [0.717, 1.165) is 24.4 Å². The zero-order valence-electron chi connectivity index (χ0n) is 11.8. The lowest BCUT2D eigenvalue weighted by atomic mass is 10.1.